The van der Waals surface area contributed by atoms with E-state index in [9.17, 15) is 5.11 Å². The van der Waals surface area contributed by atoms with Crippen LogP contribution in [0.3, 0.4) is 0 Å². The van der Waals surface area contributed by atoms with Gasteiger partial charge >= 0.3 is 0 Å². The minimum atomic E-state index is 0.256. The Morgan fingerprint density at radius 1 is 1.15 bits per heavy atom. The molecule has 2 aliphatic rings. The van der Waals surface area contributed by atoms with Gasteiger partial charge in [0, 0.05) is 30.6 Å². The van der Waals surface area contributed by atoms with Gasteiger partial charge in [-0.2, -0.15) is 0 Å². The predicted octanol–water partition coefficient (Wildman–Crippen LogP) is 2.79. The van der Waals surface area contributed by atoms with Crippen molar-refractivity contribution in [2.75, 3.05) is 26.3 Å². The number of rotatable bonds is 5. The van der Waals surface area contributed by atoms with Crippen LogP contribution in [0.4, 0.5) is 0 Å². The average Bonchev–Trinajstić information content (AvgIpc) is 2.91. The molecule has 0 amide bonds. The van der Waals surface area contributed by atoms with Gasteiger partial charge in [0.2, 0.25) is 0 Å². The summed E-state index contributed by atoms with van der Waals surface area (Å²) in [5.41, 5.74) is 1.34. The highest BCUT2D eigenvalue weighted by atomic mass is 16.5. The molecule has 1 N–H and O–H groups in total. The number of ether oxygens (including phenoxy) is 1. The maximum absolute atomic E-state index is 9.36. The fourth-order valence-electron chi connectivity index (χ4n) is 3.66. The van der Waals surface area contributed by atoms with Crippen molar-refractivity contribution in [1.29, 1.82) is 0 Å². The fourth-order valence-corrected chi connectivity index (χ4v) is 3.66. The zero-order valence-corrected chi connectivity index (χ0v) is 12.1. The Morgan fingerprint density at radius 3 is 2.75 bits per heavy atom. The molecule has 1 unspecified atom stereocenters. The van der Waals surface area contributed by atoms with Gasteiger partial charge in [-0.05, 0) is 18.9 Å². The second-order valence-corrected chi connectivity index (χ2v) is 6.06. The molecular formula is C17H25NO2. The van der Waals surface area contributed by atoms with Crippen molar-refractivity contribution in [2.24, 2.45) is 0 Å². The molecule has 0 radical (unpaired) electrons. The summed E-state index contributed by atoms with van der Waals surface area (Å²) >= 11 is 0. The smallest absolute Gasteiger partial charge is 0.122 e. The van der Waals surface area contributed by atoms with E-state index in [2.05, 4.69) is 23.1 Å². The average molecular weight is 275 g/mol. The third-order valence-electron chi connectivity index (χ3n) is 4.73. The van der Waals surface area contributed by atoms with Crippen LogP contribution in [0.25, 0.3) is 0 Å². The van der Waals surface area contributed by atoms with Gasteiger partial charge in [0.05, 0.1) is 13.2 Å². The number of aliphatic hydroxyl groups excluding tert-OH is 1. The minimum absolute atomic E-state index is 0.256. The topological polar surface area (TPSA) is 32.7 Å². The number of hydrogen-bond donors (Lipinski definition) is 1. The summed E-state index contributed by atoms with van der Waals surface area (Å²) in [6.45, 7) is 2.85. The lowest BCUT2D eigenvalue weighted by atomic mass is 9.92. The summed E-state index contributed by atoms with van der Waals surface area (Å²) in [7, 11) is 0. The van der Waals surface area contributed by atoms with Crippen molar-refractivity contribution < 1.29 is 9.84 Å². The summed E-state index contributed by atoms with van der Waals surface area (Å²) in [5, 5.41) is 9.36. The van der Waals surface area contributed by atoms with Crippen molar-refractivity contribution in [3.63, 3.8) is 0 Å². The third kappa shape index (κ3) is 2.99. The maximum atomic E-state index is 9.36. The van der Waals surface area contributed by atoms with Gasteiger partial charge in [0.15, 0.2) is 0 Å². The van der Waals surface area contributed by atoms with Gasteiger partial charge in [0.1, 0.15) is 5.75 Å². The second kappa shape index (κ2) is 6.59. The van der Waals surface area contributed by atoms with Crippen LogP contribution in [0.1, 0.15) is 43.6 Å². The van der Waals surface area contributed by atoms with E-state index in [4.69, 9.17) is 4.74 Å². The number of benzene rings is 1. The van der Waals surface area contributed by atoms with E-state index in [1.54, 1.807) is 0 Å². The molecule has 0 bridgehead atoms. The molecule has 0 saturated heterocycles. The molecule has 3 heteroatoms. The zero-order chi connectivity index (χ0) is 13.8. The van der Waals surface area contributed by atoms with E-state index in [1.165, 1.54) is 37.7 Å². The molecule has 1 saturated carbocycles. The minimum Gasteiger partial charge on any atom is -0.493 e. The first-order chi connectivity index (χ1) is 9.88. The van der Waals surface area contributed by atoms with Gasteiger partial charge in [-0.15, -0.1) is 0 Å². The van der Waals surface area contributed by atoms with Crippen LogP contribution in [0.2, 0.25) is 0 Å². The van der Waals surface area contributed by atoms with Crippen LogP contribution in [0.5, 0.6) is 5.75 Å². The largest absolute Gasteiger partial charge is 0.493 e. The van der Waals surface area contributed by atoms with Crippen LogP contribution in [0.15, 0.2) is 24.3 Å². The molecule has 1 aliphatic carbocycles. The lowest BCUT2D eigenvalue weighted by Gasteiger charge is -2.35. The van der Waals surface area contributed by atoms with E-state index < -0.39 is 0 Å². The van der Waals surface area contributed by atoms with Crippen LogP contribution in [-0.4, -0.2) is 42.4 Å². The number of hydrogen-bond acceptors (Lipinski definition) is 3. The fraction of sp³-hybridized carbons (Fsp3) is 0.647. The molecule has 20 heavy (non-hydrogen) atoms. The summed E-state index contributed by atoms with van der Waals surface area (Å²) < 4.78 is 5.79. The first-order valence-electron chi connectivity index (χ1n) is 7.95. The molecule has 1 aromatic rings. The molecule has 1 fully saturated rings. The van der Waals surface area contributed by atoms with E-state index in [1.807, 2.05) is 6.07 Å². The second-order valence-electron chi connectivity index (χ2n) is 6.06. The summed E-state index contributed by atoms with van der Waals surface area (Å²) in [6.07, 6.45) is 6.62. The summed E-state index contributed by atoms with van der Waals surface area (Å²) in [5.74, 6) is 1.50. The van der Waals surface area contributed by atoms with Crippen LogP contribution >= 0.6 is 0 Å². The van der Waals surface area contributed by atoms with E-state index in [0.717, 1.165) is 25.4 Å². The van der Waals surface area contributed by atoms with Crippen molar-refractivity contribution in [3.8, 4) is 5.75 Å². The number of aliphatic hydroxyl groups is 1. The molecule has 0 spiro atoms. The third-order valence-corrected chi connectivity index (χ3v) is 4.73. The van der Waals surface area contributed by atoms with Crippen molar-refractivity contribution in [1.82, 2.24) is 4.90 Å². The number of nitrogens with zero attached hydrogens (tertiary/aromatic N) is 1. The first-order valence-corrected chi connectivity index (χ1v) is 7.95. The predicted molar refractivity (Wildman–Crippen MR) is 80.2 cm³/mol. The Hall–Kier alpha value is -1.06. The highest BCUT2D eigenvalue weighted by Gasteiger charge is 2.29. The molecule has 110 valence electrons. The Bertz CT molecular complexity index is 429. The Balaban J connectivity index is 1.67. The van der Waals surface area contributed by atoms with Crippen LogP contribution in [-0.2, 0) is 0 Å². The van der Waals surface area contributed by atoms with Crippen molar-refractivity contribution in [2.45, 2.75) is 44.1 Å². The lowest BCUT2D eigenvalue weighted by molar-refractivity contribution is 0.113. The van der Waals surface area contributed by atoms with Gasteiger partial charge in [-0.25, -0.2) is 0 Å². The van der Waals surface area contributed by atoms with Crippen molar-refractivity contribution in [3.05, 3.63) is 29.8 Å². The molecule has 3 rings (SSSR count). The van der Waals surface area contributed by atoms with Gasteiger partial charge in [0.25, 0.3) is 0 Å². The highest BCUT2D eigenvalue weighted by molar-refractivity contribution is 5.39. The Morgan fingerprint density at radius 2 is 1.95 bits per heavy atom. The lowest BCUT2D eigenvalue weighted by Crippen LogP contribution is -2.41. The zero-order valence-electron chi connectivity index (χ0n) is 12.1. The van der Waals surface area contributed by atoms with Gasteiger partial charge < -0.3 is 9.84 Å². The van der Waals surface area contributed by atoms with E-state index in [0.29, 0.717) is 12.0 Å². The molecule has 1 aliphatic heterocycles. The standard InChI is InChI=1S/C17H25NO2/c19-11-10-18(15-6-2-1-3-7-15)12-14-13-20-17-9-5-4-8-16(14)17/h4-5,8-9,14-15,19H,1-3,6-7,10-13H2. The quantitative estimate of drug-likeness (QED) is 0.897. The van der Waals surface area contributed by atoms with Crippen LogP contribution in [0, 0.1) is 0 Å². The van der Waals surface area contributed by atoms with Gasteiger partial charge in [-0.1, -0.05) is 37.5 Å². The summed E-state index contributed by atoms with van der Waals surface area (Å²) in [4.78, 5) is 2.50. The maximum Gasteiger partial charge on any atom is 0.122 e. The Labute approximate surface area is 121 Å². The van der Waals surface area contributed by atoms with E-state index >= 15 is 0 Å². The molecule has 0 aromatic heterocycles. The van der Waals surface area contributed by atoms with Gasteiger partial charge in [-0.3, -0.25) is 4.90 Å². The number of fused-ring (bicyclic) bond motifs is 1. The first kappa shape index (κ1) is 13.9. The van der Waals surface area contributed by atoms with E-state index in [-0.39, 0.29) is 6.61 Å². The monoisotopic (exact) mass is 275 g/mol. The molecule has 1 heterocycles. The van der Waals surface area contributed by atoms with Crippen LogP contribution < -0.4 is 4.74 Å². The normalized spacial score (nSPS) is 22.8. The molecule has 1 aromatic carbocycles. The molecule has 3 nitrogen and oxygen atoms in total. The Kier molecular flexibility index (Phi) is 4.58. The SMILES string of the molecule is OCCN(CC1COc2ccccc21)C1CCCCC1. The summed E-state index contributed by atoms with van der Waals surface area (Å²) in [6, 6.07) is 9.03. The van der Waals surface area contributed by atoms with Crippen molar-refractivity contribution >= 4 is 0 Å². The number of para-hydroxylation sites is 1. The highest BCUT2D eigenvalue weighted by Crippen LogP contribution is 2.35. The molecular weight excluding hydrogens is 250 g/mol. The molecule has 1 atom stereocenters.